The average Bonchev–Trinajstić information content (AvgIpc) is 2.46. The second-order valence-corrected chi connectivity index (χ2v) is 3.82. The maximum atomic E-state index is 9.20. The Bertz CT molecular complexity index is 403. The molecule has 0 fully saturated rings. The van der Waals surface area contributed by atoms with Crippen LogP contribution < -0.4 is 0 Å². The lowest BCUT2D eigenvalue weighted by molar-refractivity contribution is 0.476. The Hall–Kier alpha value is -1.02. The lowest BCUT2D eigenvalue weighted by atomic mass is 10.2. The van der Waals surface area contributed by atoms with E-state index in [1.165, 1.54) is 4.88 Å². The van der Waals surface area contributed by atoms with Crippen molar-refractivity contribution in [2.45, 2.75) is 13.3 Å². The molecule has 2 heteroatoms. The molecule has 1 radical (unpaired) electrons. The number of hydrogen-bond donors (Lipinski definition) is 1. The number of phenolic OH excluding ortho intramolecular Hbond substituents is 1. The number of hydrogen-bond acceptors (Lipinski definition) is 2. The first-order chi connectivity index (χ1) is 5.79. The second-order valence-electron chi connectivity index (χ2n) is 2.68. The largest absolute Gasteiger partial charge is 0.508 e. The average molecular weight is 177 g/mol. The summed E-state index contributed by atoms with van der Waals surface area (Å²) in [5.74, 6) is 0.334. The van der Waals surface area contributed by atoms with E-state index in [0.29, 0.717) is 5.75 Å². The summed E-state index contributed by atoms with van der Waals surface area (Å²) in [5.41, 5.74) is 0. The van der Waals surface area contributed by atoms with Gasteiger partial charge in [-0.05, 0) is 24.6 Å². The first-order valence-corrected chi connectivity index (χ1v) is 4.75. The molecule has 1 aromatic carbocycles. The molecule has 2 rings (SSSR count). The van der Waals surface area contributed by atoms with Crippen LogP contribution in [0.1, 0.15) is 11.8 Å². The number of aryl methyl sites for hydroxylation is 1. The van der Waals surface area contributed by atoms with Gasteiger partial charge in [-0.1, -0.05) is 6.92 Å². The van der Waals surface area contributed by atoms with Crippen molar-refractivity contribution < 1.29 is 5.11 Å². The first-order valence-electron chi connectivity index (χ1n) is 3.93. The number of fused-ring (bicyclic) bond motifs is 1. The molecule has 1 N–H and O–H groups in total. The maximum Gasteiger partial charge on any atom is 0.117 e. The normalized spacial score (nSPS) is 10.8. The van der Waals surface area contributed by atoms with E-state index in [9.17, 15) is 5.11 Å². The Morgan fingerprint density at radius 3 is 3.08 bits per heavy atom. The molecule has 0 spiro atoms. The summed E-state index contributed by atoms with van der Waals surface area (Å²) in [5, 5.41) is 10.3. The third-order valence-electron chi connectivity index (χ3n) is 1.79. The van der Waals surface area contributed by atoms with Gasteiger partial charge in [0.1, 0.15) is 5.75 Å². The Labute approximate surface area is 75.3 Å². The SMILES string of the molecule is CCc1[c]c2ccc(O)cc2s1. The highest BCUT2D eigenvalue weighted by Gasteiger charge is 2.00. The molecule has 1 nitrogen and oxygen atoms in total. The van der Waals surface area contributed by atoms with Crippen molar-refractivity contribution in [1.82, 2.24) is 0 Å². The van der Waals surface area contributed by atoms with E-state index in [2.05, 4.69) is 13.0 Å². The van der Waals surface area contributed by atoms with Gasteiger partial charge in [0.2, 0.25) is 0 Å². The van der Waals surface area contributed by atoms with E-state index >= 15 is 0 Å². The van der Waals surface area contributed by atoms with E-state index in [1.54, 1.807) is 23.5 Å². The fourth-order valence-corrected chi connectivity index (χ4v) is 2.15. The van der Waals surface area contributed by atoms with Crippen molar-refractivity contribution in [3.63, 3.8) is 0 Å². The van der Waals surface area contributed by atoms with Crippen LogP contribution in [0.2, 0.25) is 0 Å². The highest BCUT2D eigenvalue weighted by Crippen LogP contribution is 2.28. The van der Waals surface area contributed by atoms with Gasteiger partial charge >= 0.3 is 0 Å². The van der Waals surface area contributed by atoms with Crippen LogP contribution in [0.25, 0.3) is 10.1 Å². The molecule has 0 atom stereocenters. The van der Waals surface area contributed by atoms with Crippen molar-refractivity contribution in [1.29, 1.82) is 0 Å². The summed E-state index contributed by atoms with van der Waals surface area (Å²) in [6, 6.07) is 8.67. The molecule has 0 aliphatic rings. The van der Waals surface area contributed by atoms with Crippen LogP contribution in [-0.2, 0) is 6.42 Å². The van der Waals surface area contributed by atoms with E-state index in [0.717, 1.165) is 16.5 Å². The van der Waals surface area contributed by atoms with Crippen LogP contribution in [-0.4, -0.2) is 5.11 Å². The van der Waals surface area contributed by atoms with Gasteiger partial charge in [-0.25, -0.2) is 0 Å². The van der Waals surface area contributed by atoms with Crippen LogP contribution >= 0.6 is 11.3 Å². The standard InChI is InChI=1S/C10H9OS/c1-2-9-5-7-3-4-8(11)6-10(7)12-9/h3-4,6,11H,2H2,1H3. The molecule has 0 saturated carbocycles. The summed E-state index contributed by atoms with van der Waals surface area (Å²) < 4.78 is 1.12. The van der Waals surface area contributed by atoms with Crippen LogP contribution in [0.15, 0.2) is 18.2 Å². The monoisotopic (exact) mass is 177 g/mol. The molecule has 0 bridgehead atoms. The Kier molecular flexibility index (Phi) is 1.77. The molecular weight excluding hydrogens is 168 g/mol. The molecule has 0 unspecified atom stereocenters. The van der Waals surface area contributed by atoms with Gasteiger partial charge in [0.15, 0.2) is 0 Å². The van der Waals surface area contributed by atoms with Crippen molar-refractivity contribution in [2.75, 3.05) is 0 Å². The van der Waals surface area contributed by atoms with Gasteiger partial charge < -0.3 is 5.11 Å². The summed E-state index contributed by atoms with van der Waals surface area (Å²) in [6.07, 6.45) is 1.01. The molecule has 0 aliphatic carbocycles. The van der Waals surface area contributed by atoms with Gasteiger partial charge in [0.05, 0.1) is 0 Å². The topological polar surface area (TPSA) is 20.2 Å². The zero-order valence-electron chi connectivity index (χ0n) is 6.79. The second kappa shape index (κ2) is 2.79. The predicted octanol–water partition coefficient (Wildman–Crippen LogP) is 2.97. The number of phenols is 1. The van der Waals surface area contributed by atoms with Crippen LogP contribution in [0.4, 0.5) is 0 Å². The van der Waals surface area contributed by atoms with Crippen LogP contribution in [0.3, 0.4) is 0 Å². The minimum absolute atomic E-state index is 0.334. The third kappa shape index (κ3) is 1.18. The maximum absolute atomic E-state index is 9.20. The van der Waals surface area contributed by atoms with Gasteiger partial charge in [0, 0.05) is 21.0 Å². The number of aromatic hydroxyl groups is 1. The highest BCUT2D eigenvalue weighted by molar-refractivity contribution is 7.19. The molecule has 0 aliphatic heterocycles. The zero-order valence-corrected chi connectivity index (χ0v) is 7.61. The van der Waals surface area contributed by atoms with Crippen molar-refractivity contribution >= 4 is 21.4 Å². The van der Waals surface area contributed by atoms with E-state index in [1.807, 2.05) is 6.07 Å². The van der Waals surface area contributed by atoms with E-state index in [-0.39, 0.29) is 0 Å². The Balaban J connectivity index is 2.67. The molecule has 0 amide bonds. The van der Waals surface area contributed by atoms with E-state index < -0.39 is 0 Å². The Morgan fingerprint density at radius 1 is 1.50 bits per heavy atom. The van der Waals surface area contributed by atoms with Crippen LogP contribution in [0, 0.1) is 6.07 Å². The minimum Gasteiger partial charge on any atom is -0.508 e. The molecule has 2 aromatic rings. The van der Waals surface area contributed by atoms with Crippen molar-refractivity contribution in [3.8, 4) is 5.75 Å². The lowest BCUT2D eigenvalue weighted by Crippen LogP contribution is -1.65. The van der Waals surface area contributed by atoms with Crippen molar-refractivity contribution in [3.05, 3.63) is 29.1 Å². The number of rotatable bonds is 1. The van der Waals surface area contributed by atoms with Gasteiger partial charge in [-0.3, -0.25) is 0 Å². The summed E-state index contributed by atoms with van der Waals surface area (Å²) in [4.78, 5) is 1.25. The first kappa shape index (κ1) is 7.62. The summed E-state index contributed by atoms with van der Waals surface area (Å²) >= 11 is 1.70. The quantitative estimate of drug-likeness (QED) is 0.710. The van der Waals surface area contributed by atoms with Gasteiger partial charge in [0.25, 0.3) is 0 Å². The van der Waals surface area contributed by atoms with Gasteiger partial charge in [-0.15, -0.1) is 11.3 Å². The smallest absolute Gasteiger partial charge is 0.117 e. The third-order valence-corrected chi connectivity index (χ3v) is 2.99. The summed E-state index contributed by atoms with van der Waals surface area (Å²) in [7, 11) is 0. The molecule has 0 saturated heterocycles. The fourth-order valence-electron chi connectivity index (χ4n) is 1.17. The minimum atomic E-state index is 0.334. The van der Waals surface area contributed by atoms with Crippen molar-refractivity contribution in [2.24, 2.45) is 0 Å². The summed E-state index contributed by atoms with van der Waals surface area (Å²) in [6.45, 7) is 2.11. The predicted molar refractivity (Wildman–Crippen MR) is 51.7 cm³/mol. The molecular formula is C10H9OS. The highest BCUT2D eigenvalue weighted by atomic mass is 32.1. The Morgan fingerprint density at radius 2 is 2.33 bits per heavy atom. The van der Waals surface area contributed by atoms with Gasteiger partial charge in [-0.2, -0.15) is 0 Å². The van der Waals surface area contributed by atoms with E-state index in [4.69, 9.17) is 0 Å². The molecule has 12 heavy (non-hydrogen) atoms. The lowest BCUT2D eigenvalue weighted by Gasteiger charge is -1.88. The molecule has 61 valence electrons. The zero-order chi connectivity index (χ0) is 8.55. The number of benzene rings is 1. The van der Waals surface area contributed by atoms with Crippen LogP contribution in [0.5, 0.6) is 5.75 Å². The fraction of sp³-hybridized carbons (Fsp3) is 0.200. The molecule has 1 aromatic heterocycles. The number of thiophene rings is 1. The molecule has 1 heterocycles.